The van der Waals surface area contributed by atoms with Gasteiger partial charge in [0.15, 0.2) is 0 Å². The topological polar surface area (TPSA) is 29.5 Å². The van der Waals surface area contributed by atoms with Gasteiger partial charge in [-0.25, -0.2) is 0 Å². The summed E-state index contributed by atoms with van der Waals surface area (Å²) in [5, 5.41) is 0. The molecule has 0 aromatic heterocycles. The van der Waals surface area contributed by atoms with Gasteiger partial charge in [-0.15, -0.1) is 0 Å². The van der Waals surface area contributed by atoms with Crippen molar-refractivity contribution < 1.29 is 9.53 Å². The lowest BCUT2D eigenvalue weighted by molar-refractivity contribution is -0.163. The number of nitrogens with zero attached hydrogens (tertiary/aromatic N) is 1. The molecule has 21 heavy (non-hydrogen) atoms. The van der Waals surface area contributed by atoms with Crippen molar-refractivity contribution in [2.45, 2.75) is 12.1 Å². The highest BCUT2D eigenvalue weighted by Gasteiger charge is 2.52. The molecule has 0 saturated carbocycles. The highest BCUT2D eigenvalue weighted by Crippen LogP contribution is 2.44. The number of carbonyl (C=O) groups is 1. The van der Waals surface area contributed by atoms with Gasteiger partial charge in [0.25, 0.3) is 5.91 Å². The fourth-order valence-corrected chi connectivity index (χ4v) is 3.15. The van der Waals surface area contributed by atoms with Gasteiger partial charge < -0.3 is 9.64 Å². The number of fused-ring (bicyclic) bond motifs is 3. The molecule has 1 saturated heterocycles. The third-order valence-electron chi connectivity index (χ3n) is 4.18. The molecule has 4 rings (SSSR count). The number of benzene rings is 2. The van der Waals surface area contributed by atoms with Crippen LogP contribution in [-0.2, 0) is 4.79 Å². The molecule has 1 amide bonds. The van der Waals surface area contributed by atoms with Gasteiger partial charge in [0.05, 0.1) is 0 Å². The van der Waals surface area contributed by atoms with E-state index in [0.717, 1.165) is 22.4 Å². The lowest BCUT2D eigenvalue weighted by Crippen LogP contribution is -2.62. The van der Waals surface area contributed by atoms with Crippen molar-refractivity contribution in [1.82, 2.24) is 4.90 Å². The van der Waals surface area contributed by atoms with E-state index < -0.39 is 6.10 Å². The minimum atomic E-state index is -0.429. The summed E-state index contributed by atoms with van der Waals surface area (Å²) < 4.78 is 5.90. The molecule has 0 radical (unpaired) electrons. The lowest BCUT2D eigenvalue weighted by atomic mass is 9.81. The van der Waals surface area contributed by atoms with Gasteiger partial charge in [-0.1, -0.05) is 49.0 Å². The average molecular weight is 277 g/mol. The van der Waals surface area contributed by atoms with Crippen molar-refractivity contribution in [1.29, 1.82) is 0 Å². The Labute approximate surface area is 123 Å². The molecule has 3 nitrogen and oxygen atoms in total. The zero-order chi connectivity index (χ0) is 14.4. The summed E-state index contributed by atoms with van der Waals surface area (Å²) in [6, 6.07) is 17.6. The zero-order valence-corrected chi connectivity index (χ0v) is 11.5. The van der Waals surface area contributed by atoms with E-state index in [1.807, 2.05) is 47.4 Å². The Balaban J connectivity index is 1.69. The minimum absolute atomic E-state index is 0.000550. The molecule has 2 aliphatic rings. The van der Waals surface area contributed by atoms with E-state index in [-0.39, 0.29) is 11.9 Å². The second kappa shape index (κ2) is 4.48. The maximum Gasteiger partial charge on any atom is 0.267 e. The maximum atomic E-state index is 12.3. The van der Waals surface area contributed by atoms with Crippen molar-refractivity contribution >= 4 is 11.5 Å². The number of hydrogen-bond donors (Lipinski definition) is 0. The number of rotatable bonds is 2. The summed E-state index contributed by atoms with van der Waals surface area (Å²) in [6.07, 6.45) is -0.429. The summed E-state index contributed by atoms with van der Waals surface area (Å²) >= 11 is 0. The van der Waals surface area contributed by atoms with E-state index in [1.165, 1.54) is 0 Å². The summed E-state index contributed by atoms with van der Waals surface area (Å²) in [6.45, 7) is 4.68. The van der Waals surface area contributed by atoms with Gasteiger partial charge in [-0.3, -0.25) is 4.79 Å². The van der Waals surface area contributed by atoms with Gasteiger partial charge in [-0.05, 0) is 28.8 Å². The fraction of sp³-hybridized carbons (Fsp3) is 0.167. The molecule has 2 atom stereocenters. The third-order valence-corrected chi connectivity index (χ3v) is 4.18. The SMILES string of the molecule is C=C1CN2C(=O)C(Oc3ccccc3)C2c2ccccc21. The average Bonchev–Trinajstić information content (AvgIpc) is 2.54. The molecule has 0 aliphatic carbocycles. The first-order valence-corrected chi connectivity index (χ1v) is 7.05. The number of β-lactam (4-membered cyclic amide) rings is 1. The number of para-hydroxylation sites is 1. The molecular formula is C18H15NO2. The van der Waals surface area contributed by atoms with Crippen molar-refractivity contribution in [3.8, 4) is 5.75 Å². The fourth-order valence-electron chi connectivity index (χ4n) is 3.15. The molecule has 2 aromatic rings. The van der Waals surface area contributed by atoms with Gasteiger partial charge in [0.2, 0.25) is 6.10 Å². The predicted octanol–water partition coefficient (Wildman–Crippen LogP) is 3.04. The van der Waals surface area contributed by atoms with Gasteiger partial charge in [0.1, 0.15) is 11.8 Å². The van der Waals surface area contributed by atoms with Crippen molar-refractivity contribution in [2.24, 2.45) is 0 Å². The van der Waals surface area contributed by atoms with Crippen LogP contribution in [0.2, 0.25) is 0 Å². The Morgan fingerprint density at radius 2 is 1.76 bits per heavy atom. The van der Waals surface area contributed by atoms with Crippen LogP contribution in [0.1, 0.15) is 17.2 Å². The van der Waals surface area contributed by atoms with Gasteiger partial charge in [-0.2, -0.15) is 0 Å². The Morgan fingerprint density at radius 1 is 1.05 bits per heavy atom. The molecule has 104 valence electrons. The zero-order valence-electron chi connectivity index (χ0n) is 11.5. The van der Waals surface area contributed by atoms with Crippen LogP contribution in [0.15, 0.2) is 61.2 Å². The molecule has 0 N–H and O–H groups in total. The number of amides is 1. The molecule has 2 unspecified atom stereocenters. The minimum Gasteiger partial charge on any atom is -0.478 e. The van der Waals surface area contributed by atoms with Crippen LogP contribution >= 0.6 is 0 Å². The smallest absolute Gasteiger partial charge is 0.267 e. The Bertz CT molecular complexity index is 723. The van der Waals surface area contributed by atoms with Gasteiger partial charge >= 0.3 is 0 Å². The second-order valence-corrected chi connectivity index (χ2v) is 5.45. The van der Waals surface area contributed by atoms with Crippen LogP contribution in [0, 0.1) is 0 Å². The molecule has 2 aromatic carbocycles. The molecule has 2 heterocycles. The molecule has 0 spiro atoms. The first-order valence-electron chi connectivity index (χ1n) is 7.05. The summed E-state index contributed by atoms with van der Waals surface area (Å²) in [4.78, 5) is 14.2. The summed E-state index contributed by atoms with van der Waals surface area (Å²) in [5.41, 5.74) is 3.27. The standard InChI is InChI=1S/C18H15NO2/c1-12-11-19-16(15-10-6-5-9-14(12)15)17(18(19)20)21-13-7-3-2-4-8-13/h2-10,16-17H,1,11H2. The van der Waals surface area contributed by atoms with Crippen LogP contribution in [0.5, 0.6) is 5.75 Å². The van der Waals surface area contributed by atoms with E-state index in [4.69, 9.17) is 4.74 Å². The van der Waals surface area contributed by atoms with E-state index in [2.05, 4.69) is 18.7 Å². The monoisotopic (exact) mass is 277 g/mol. The van der Waals surface area contributed by atoms with E-state index >= 15 is 0 Å². The van der Waals surface area contributed by atoms with Crippen LogP contribution in [0.4, 0.5) is 0 Å². The van der Waals surface area contributed by atoms with Crippen molar-refractivity contribution in [3.05, 3.63) is 72.3 Å². The Kier molecular flexibility index (Phi) is 2.61. The van der Waals surface area contributed by atoms with Crippen molar-refractivity contribution in [2.75, 3.05) is 6.54 Å². The number of ether oxygens (including phenoxy) is 1. The number of carbonyl (C=O) groups excluding carboxylic acids is 1. The van der Waals surface area contributed by atoms with E-state index in [9.17, 15) is 4.79 Å². The maximum absolute atomic E-state index is 12.3. The highest BCUT2D eigenvalue weighted by atomic mass is 16.5. The van der Waals surface area contributed by atoms with Gasteiger partial charge in [0, 0.05) is 6.54 Å². The Hall–Kier alpha value is -2.55. The molecular weight excluding hydrogens is 262 g/mol. The molecule has 3 heteroatoms. The predicted molar refractivity (Wildman–Crippen MR) is 80.8 cm³/mol. The number of hydrogen-bond acceptors (Lipinski definition) is 2. The normalized spacial score (nSPS) is 23.1. The lowest BCUT2D eigenvalue weighted by Gasteiger charge is -2.50. The first kappa shape index (κ1) is 12.2. The quantitative estimate of drug-likeness (QED) is 0.790. The van der Waals surface area contributed by atoms with Crippen LogP contribution in [0.3, 0.4) is 0 Å². The first-order chi connectivity index (χ1) is 10.3. The summed E-state index contributed by atoms with van der Waals surface area (Å²) in [7, 11) is 0. The third kappa shape index (κ3) is 1.77. The second-order valence-electron chi connectivity index (χ2n) is 5.45. The van der Waals surface area contributed by atoms with Crippen LogP contribution in [0.25, 0.3) is 5.57 Å². The molecule has 2 aliphatic heterocycles. The van der Waals surface area contributed by atoms with Crippen LogP contribution in [-0.4, -0.2) is 23.5 Å². The summed E-state index contributed by atoms with van der Waals surface area (Å²) in [5.74, 6) is 0.775. The van der Waals surface area contributed by atoms with E-state index in [0.29, 0.717) is 6.54 Å². The van der Waals surface area contributed by atoms with Crippen molar-refractivity contribution in [3.63, 3.8) is 0 Å². The molecule has 0 bridgehead atoms. The molecule has 1 fully saturated rings. The van der Waals surface area contributed by atoms with Crippen LogP contribution < -0.4 is 4.74 Å². The Morgan fingerprint density at radius 3 is 2.57 bits per heavy atom. The highest BCUT2D eigenvalue weighted by molar-refractivity contribution is 5.93. The van der Waals surface area contributed by atoms with E-state index in [1.54, 1.807) is 0 Å². The largest absolute Gasteiger partial charge is 0.478 e.